The fourth-order valence-corrected chi connectivity index (χ4v) is 4.15. The zero-order valence-corrected chi connectivity index (χ0v) is 16.7. The van der Waals surface area contributed by atoms with Crippen molar-refractivity contribution in [1.29, 1.82) is 0 Å². The van der Waals surface area contributed by atoms with Gasteiger partial charge in [0.05, 0.1) is 6.54 Å². The molecule has 1 N–H and O–H groups in total. The van der Waals surface area contributed by atoms with Gasteiger partial charge in [-0.15, -0.1) is 0 Å². The highest BCUT2D eigenvalue weighted by Crippen LogP contribution is 2.37. The summed E-state index contributed by atoms with van der Waals surface area (Å²) in [6.45, 7) is 5.53. The van der Waals surface area contributed by atoms with Crippen LogP contribution in [0.15, 0.2) is 36.5 Å². The molecule has 1 aliphatic rings. The maximum Gasteiger partial charge on any atom is 0.460 e. The van der Waals surface area contributed by atoms with Gasteiger partial charge in [-0.2, -0.15) is 13.2 Å². The summed E-state index contributed by atoms with van der Waals surface area (Å²) in [7, 11) is 0. The zero-order valence-electron chi connectivity index (χ0n) is 16.7. The molecular formula is C22H24F3N3O. The number of rotatable bonds is 3. The Morgan fingerprint density at radius 2 is 1.90 bits per heavy atom. The Morgan fingerprint density at radius 3 is 2.55 bits per heavy atom. The fraction of sp³-hybridized carbons (Fsp3) is 0.409. The highest BCUT2D eigenvalue weighted by Gasteiger charge is 2.40. The van der Waals surface area contributed by atoms with Crippen molar-refractivity contribution < 1.29 is 18.3 Å². The van der Waals surface area contributed by atoms with Gasteiger partial charge in [0, 0.05) is 53.6 Å². The lowest BCUT2D eigenvalue weighted by Gasteiger charge is -2.31. The molecule has 154 valence electrons. The van der Waals surface area contributed by atoms with Gasteiger partial charge in [0.15, 0.2) is 0 Å². The Kier molecular flexibility index (Phi) is 4.70. The van der Waals surface area contributed by atoms with Crippen molar-refractivity contribution in [3.05, 3.63) is 64.6 Å². The Morgan fingerprint density at radius 1 is 1.14 bits per heavy atom. The van der Waals surface area contributed by atoms with Crippen LogP contribution in [0.4, 0.5) is 13.2 Å². The van der Waals surface area contributed by atoms with Gasteiger partial charge < -0.3 is 9.67 Å². The molecule has 0 saturated carbocycles. The lowest BCUT2D eigenvalue weighted by molar-refractivity contribution is -0.250. The Labute approximate surface area is 167 Å². The van der Waals surface area contributed by atoms with E-state index in [2.05, 4.69) is 4.98 Å². The molecule has 0 aliphatic carbocycles. The van der Waals surface area contributed by atoms with Crippen LogP contribution in [-0.4, -0.2) is 32.4 Å². The van der Waals surface area contributed by atoms with Crippen LogP contribution < -0.4 is 0 Å². The number of aryl methyl sites for hydroxylation is 2. The van der Waals surface area contributed by atoms with E-state index in [4.69, 9.17) is 0 Å². The first-order chi connectivity index (χ1) is 13.6. The fourth-order valence-electron chi connectivity index (χ4n) is 4.15. The van der Waals surface area contributed by atoms with Gasteiger partial charge in [-0.05, 0) is 44.5 Å². The van der Waals surface area contributed by atoms with Crippen molar-refractivity contribution >= 4 is 10.9 Å². The smallest absolute Gasteiger partial charge is 0.384 e. The van der Waals surface area contributed by atoms with Crippen LogP contribution in [0, 0.1) is 13.8 Å². The minimum Gasteiger partial charge on any atom is -0.384 e. The van der Waals surface area contributed by atoms with Gasteiger partial charge in [0.2, 0.25) is 0 Å². The average molecular weight is 403 g/mol. The van der Waals surface area contributed by atoms with Crippen LogP contribution in [0.2, 0.25) is 0 Å². The lowest BCUT2D eigenvalue weighted by atomic mass is 9.97. The first-order valence-corrected chi connectivity index (χ1v) is 9.64. The number of aromatic nitrogens is 2. The normalized spacial score (nSPS) is 17.3. The molecule has 0 bridgehead atoms. The largest absolute Gasteiger partial charge is 0.460 e. The number of pyridine rings is 1. The number of hydrogen-bond acceptors (Lipinski definition) is 3. The summed E-state index contributed by atoms with van der Waals surface area (Å²) in [5.74, 6) is 0. The van der Waals surface area contributed by atoms with E-state index >= 15 is 0 Å². The predicted octanol–water partition coefficient (Wildman–Crippen LogP) is 4.44. The van der Waals surface area contributed by atoms with Crippen molar-refractivity contribution in [2.75, 3.05) is 6.54 Å². The zero-order chi connectivity index (χ0) is 21.0. The summed E-state index contributed by atoms with van der Waals surface area (Å²) >= 11 is 0. The molecule has 3 heterocycles. The summed E-state index contributed by atoms with van der Waals surface area (Å²) in [6, 6.07) is 9.51. The van der Waals surface area contributed by atoms with E-state index in [9.17, 15) is 18.3 Å². The number of alkyl halides is 3. The minimum absolute atomic E-state index is 0.0833. The molecule has 2 aromatic heterocycles. The number of nitrogens with zero attached hydrogens (tertiary/aromatic N) is 3. The number of benzene rings is 1. The van der Waals surface area contributed by atoms with Gasteiger partial charge in [-0.1, -0.05) is 17.7 Å². The summed E-state index contributed by atoms with van der Waals surface area (Å²) in [5, 5.41) is 12.0. The minimum atomic E-state index is -4.35. The average Bonchev–Trinajstić information content (AvgIpc) is 2.93. The van der Waals surface area contributed by atoms with E-state index < -0.39 is 11.9 Å². The van der Waals surface area contributed by atoms with E-state index in [1.165, 1.54) is 0 Å². The van der Waals surface area contributed by atoms with Crippen molar-refractivity contribution in [1.82, 2.24) is 14.5 Å². The van der Waals surface area contributed by atoms with Crippen LogP contribution in [0.25, 0.3) is 10.9 Å². The van der Waals surface area contributed by atoms with Crippen LogP contribution in [0.3, 0.4) is 0 Å². The molecule has 1 unspecified atom stereocenters. The van der Waals surface area contributed by atoms with Gasteiger partial charge in [-0.25, -0.2) is 4.90 Å². The number of fused-ring (bicyclic) bond motifs is 3. The van der Waals surface area contributed by atoms with Crippen molar-refractivity contribution in [3.63, 3.8) is 0 Å². The topological polar surface area (TPSA) is 41.3 Å². The molecule has 0 amide bonds. The number of halogens is 3. The second kappa shape index (κ2) is 6.85. The molecule has 4 rings (SSSR count). The van der Waals surface area contributed by atoms with Gasteiger partial charge in [0.25, 0.3) is 0 Å². The van der Waals surface area contributed by atoms with Crippen LogP contribution in [-0.2, 0) is 25.1 Å². The summed E-state index contributed by atoms with van der Waals surface area (Å²) in [5.41, 5.74) is 3.75. The number of aliphatic hydroxyl groups is 1. The third kappa shape index (κ3) is 3.65. The van der Waals surface area contributed by atoms with E-state index in [1.807, 2.05) is 48.7 Å². The molecular weight excluding hydrogens is 379 g/mol. The molecule has 0 radical (unpaired) electrons. The molecule has 0 fully saturated rings. The summed E-state index contributed by atoms with van der Waals surface area (Å²) in [4.78, 5) is 4.83. The molecule has 7 heteroatoms. The maximum atomic E-state index is 13.3. The highest BCUT2D eigenvalue weighted by molar-refractivity contribution is 5.86. The number of hydrogen-bond donors (Lipinski definition) is 1. The predicted molar refractivity (Wildman–Crippen MR) is 105 cm³/mol. The summed E-state index contributed by atoms with van der Waals surface area (Å²) in [6.07, 6.45) is -2.41. The summed E-state index contributed by atoms with van der Waals surface area (Å²) < 4.78 is 41.9. The maximum absolute atomic E-state index is 13.3. The van der Waals surface area contributed by atoms with Crippen LogP contribution in [0.5, 0.6) is 0 Å². The molecule has 3 aromatic rings. The third-order valence-corrected chi connectivity index (χ3v) is 5.77. The van der Waals surface area contributed by atoms with Crippen molar-refractivity contribution in [3.8, 4) is 0 Å². The molecule has 1 aromatic carbocycles. The van der Waals surface area contributed by atoms with E-state index in [-0.39, 0.29) is 26.1 Å². The standard InChI is InChI=1S/C22H24F3N3O/c1-14-4-7-19-17(10-14)18-12-27(22(23,24)25)9-8-20(18)28(19)13-21(3,29)16-6-5-15(2)26-11-16/h4-7,10-11,29H,8-9,12-13H2,1-3H3. The van der Waals surface area contributed by atoms with E-state index in [0.717, 1.165) is 27.9 Å². The monoisotopic (exact) mass is 403 g/mol. The van der Waals surface area contributed by atoms with Crippen molar-refractivity contribution in [2.24, 2.45) is 0 Å². The van der Waals surface area contributed by atoms with Crippen molar-refractivity contribution in [2.45, 2.75) is 52.2 Å². The van der Waals surface area contributed by atoms with Gasteiger partial charge in [-0.3, -0.25) is 4.98 Å². The molecule has 4 nitrogen and oxygen atoms in total. The second-order valence-corrected chi connectivity index (χ2v) is 8.13. The van der Waals surface area contributed by atoms with Gasteiger partial charge in [0.1, 0.15) is 5.60 Å². The van der Waals surface area contributed by atoms with E-state index in [0.29, 0.717) is 16.0 Å². The van der Waals surface area contributed by atoms with Gasteiger partial charge >= 0.3 is 6.30 Å². The molecule has 0 saturated heterocycles. The Balaban J connectivity index is 1.80. The highest BCUT2D eigenvalue weighted by atomic mass is 19.4. The first kappa shape index (κ1) is 19.9. The van der Waals surface area contributed by atoms with Crippen LogP contribution in [0.1, 0.15) is 35.0 Å². The Bertz CT molecular complexity index is 1050. The molecule has 1 aliphatic heterocycles. The lowest BCUT2D eigenvalue weighted by Crippen LogP contribution is -2.42. The first-order valence-electron chi connectivity index (χ1n) is 9.64. The van der Waals surface area contributed by atoms with Crippen LogP contribution >= 0.6 is 0 Å². The third-order valence-electron chi connectivity index (χ3n) is 5.77. The molecule has 1 atom stereocenters. The quantitative estimate of drug-likeness (QED) is 0.658. The SMILES string of the molecule is Cc1ccc2c(c1)c1c(n2CC(C)(O)c2ccc(C)nc2)CCN(C(F)(F)F)C1. The Hall–Kier alpha value is -2.38. The molecule has 29 heavy (non-hydrogen) atoms. The molecule has 0 spiro atoms. The second-order valence-electron chi connectivity index (χ2n) is 8.13. The van der Waals surface area contributed by atoms with E-state index in [1.54, 1.807) is 13.1 Å².